The minimum absolute atomic E-state index is 0.175. The summed E-state index contributed by atoms with van der Waals surface area (Å²) in [6, 6.07) is 10.7. The van der Waals surface area contributed by atoms with Crippen molar-refractivity contribution < 1.29 is 4.74 Å². The van der Waals surface area contributed by atoms with E-state index in [1.165, 1.54) is 0 Å². The number of likely N-dealkylation sites (N-methyl/N-ethyl adjacent to an activating group) is 1. The number of benzene rings is 1. The maximum atomic E-state index is 6.00. The largest absolute Gasteiger partial charge is 0.380 e. The average Bonchev–Trinajstić information content (AvgIpc) is 3.21. The fourth-order valence-electron chi connectivity index (χ4n) is 2.87. The quantitative estimate of drug-likeness (QED) is 0.907. The minimum Gasteiger partial charge on any atom is -0.380 e. The molecule has 1 saturated heterocycles. The summed E-state index contributed by atoms with van der Waals surface area (Å²) in [4.78, 5) is 2.32. The lowest BCUT2D eigenvalue weighted by atomic mass is 10.1. The van der Waals surface area contributed by atoms with Gasteiger partial charge in [0, 0.05) is 31.0 Å². The molecular weight excluding hydrogens is 264 g/mol. The van der Waals surface area contributed by atoms with E-state index in [4.69, 9.17) is 10.5 Å². The van der Waals surface area contributed by atoms with Crippen molar-refractivity contribution in [3.05, 3.63) is 48.3 Å². The zero-order valence-electron chi connectivity index (χ0n) is 12.4. The summed E-state index contributed by atoms with van der Waals surface area (Å²) in [6.07, 6.45) is 5.05. The van der Waals surface area contributed by atoms with Gasteiger partial charge in [-0.05, 0) is 25.6 Å². The van der Waals surface area contributed by atoms with Gasteiger partial charge in [-0.25, -0.2) is 4.68 Å². The van der Waals surface area contributed by atoms with Crippen LogP contribution in [0.3, 0.4) is 0 Å². The van der Waals surface area contributed by atoms with Gasteiger partial charge in [-0.15, -0.1) is 0 Å². The lowest BCUT2D eigenvalue weighted by Gasteiger charge is -2.30. The van der Waals surface area contributed by atoms with Crippen molar-refractivity contribution in [3.8, 4) is 5.69 Å². The molecule has 112 valence electrons. The van der Waals surface area contributed by atoms with Gasteiger partial charge < -0.3 is 10.5 Å². The molecular formula is C16H22N4O. The van der Waals surface area contributed by atoms with Crippen LogP contribution in [0.1, 0.15) is 18.0 Å². The molecule has 1 aromatic heterocycles. The molecule has 2 atom stereocenters. The first-order valence-electron chi connectivity index (χ1n) is 7.39. The van der Waals surface area contributed by atoms with Crippen LogP contribution in [-0.2, 0) is 4.74 Å². The lowest BCUT2D eigenvalue weighted by Crippen LogP contribution is -2.38. The second-order valence-electron chi connectivity index (χ2n) is 5.49. The van der Waals surface area contributed by atoms with Gasteiger partial charge in [-0.1, -0.05) is 18.2 Å². The molecule has 0 spiro atoms. The fourth-order valence-corrected chi connectivity index (χ4v) is 2.87. The van der Waals surface area contributed by atoms with E-state index in [0.717, 1.165) is 30.9 Å². The molecule has 3 rings (SSSR count). The summed E-state index contributed by atoms with van der Waals surface area (Å²) in [6.45, 7) is 2.21. The van der Waals surface area contributed by atoms with E-state index in [1.54, 1.807) is 0 Å². The zero-order valence-corrected chi connectivity index (χ0v) is 12.4. The standard InChI is InChI=1S/C16H22N4O/c1-19(15-7-8-21-12-15)16(9-17)13-10-18-20(11-13)14-5-3-2-4-6-14/h2-6,10-11,15-16H,7-9,12,17H2,1H3. The Hall–Kier alpha value is -1.69. The lowest BCUT2D eigenvalue weighted by molar-refractivity contribution is 0.134. The van der Waals surface area contributed by atoms with Crippen LogP contribution in [0.4, 0.5) is 0 Å². The van der Waals surface area contributed by atoms with Crippen molar-refractivity contribution in [2.45, 2.75) is 18.5 Å². The highest BCUT2D eigenvalue weighted by molar-refractivity contribution is 5.31. The normalized spacial score (nSPS) is 20.0. The molecule has 0 aliphatic carbocycles. The molecule has 2 unspecified atom stereocenters. The van der Waals surface area contributed by atoms with Crippen LogP contribution in [0, 0.1) is 0 Å². The summed E-state index contributed by atoms with van der Waals surface area (Å²) in [7, 11) is 2.12. The van der Waals surface area contributed by atoms with Crippen LogP contribution >= 0.6 is 0 Å². The summed E-state index contributed by atoms with van der Waals surface area (Å²) in [5.41, 5.74) is 8.21. The Bertz CT molecular complexity index is 563. The zero-order chi connectivity index (χ0) is 14.7. The highest BCUT2D eigenvalue weighted by Crippen LogP contribution is 2.24. The number of hydrogen-bond donors (Lipinski definition) is 1. The topological polar surface area (TPSA) is 56.3 Å². The van der Waals surface area contributed by atoms with Gasteiger partial charge in [0.05, 0.1) is 24.5 Å². The SMILES string of the molecule is CN(C1CCOC1)C(CN)c1cnn(-c2ccccc2)c1. The Labute approximate surface area is 125 Å². The number of nitrogens with zero attached hydrogens (tertiary/aromatic N) is 3. The van der Waals surface area contributed by atoms with E-state index in [-0.39, 0.29) is 6.04 Å². The van der Waals surface area contributed by atoms with Gasteiger partial charge in [0.1, 0.15) is 0 Å². The molecule has 2 heterocycles. The molecule has 0 saturated carbocycles. The predicted molar refractivity (Wildman–Crippen MR) is 82.3 cm³/mol. The van der Waals surface area contributed by atoms with E-state index in [2.05, 4.69) is 23.2 Å². The van der Waals surface area contributed by atoms with Crippen LogP contribution in [0.15, 0.2) is 42.7 Å². The van der Waals surface area contributed by atoms with E-state index >= 15 is 0 Å². The van der Waals surface area contributed by atoms with Gasteiger partial charge in [0.2, 0.25) is 0 Å². The Morgan fingerprint density at radius 3 is 2.90 bits per heavy atom. The van der Waals surface area contributed by atoms with Crippen LogP contribution in [0.5, 0.6) is 0 Å². The Morgan fingerprint density at radius 1 is 1.43 bits per heavy atom. The Kier molecular flexibility index (Phi) is 4.34. The highest BCUT2D eigenvalue weighted by atomic mass is 16.5. The van der Waals surface area contributed by atoms with Gasteiger partial charge in [-0.2, -0.15) is 5.10 Å². The summed E-state index contributed by atoms with van der Waals surface area (Å²) in [5.74, 6) is 0. The third-order valence-corrected chi connectivity index (χ3v) is 4.20. The third kappa shape index (κ3) is 3.00. The number of rotatable bonds is 5. The third-order valence-electron chi connectivity index (χ3n) is 4.20. The van der Waals surface area contributed by atoms with Gasteiger partial charge in [-0.3, -0.25) is 4.90 Å². The van der Waals surface area contributed by atoms with Crippen molar-refractivity contribution in [1.82, 2.24) is 14.7 Å². The number of aromatic nitrogens is 2. The van der Waals surface area contributed by atoms with Gasteiger partial charge in [0.25, 0.3) is 0 Å². The maximum absolute atomic E-state index is 6.00. The molecule has 1 aliphatic rings. The van der Waals surface area contributed by atoms with Crippen molar-refractivity contribution in [2.24, 2.45) is 5.73 Å². The number of nitrogens with two attached hydrogens (primary N) is 1. The van der Waals surface area contributed by atoms with Crippen LogP contribution in [0.25, 0.3) is 5.69 Å². The molecule has 21 heavy (non-hydrogen) atoms. The van der Waals surface area contributed by atoms with E-state index in [1.807, 2.05) is 41.2 Å². The molecule has 1 aromatic carbocycles. The minimum atomic E-state index is 0.175. The summed E-state index contributed by atoms with van der Waals surface area (Å²) >= 11 is 0. The molecule has 5 nitrogen and oxygen atoms in total. The molecule has 2 aromatic rings. The first-order valence-corrected chi connectivity index (χ1v) is 7.39. The molecule has 0 bridgehead atoms. The average molecular weight is 286 g/mol. The van der Waals surface area contributed by atoms with E-state index < -0.39 is 0 Å². The Balaban J connectivity index is 1.80. The molecule has 1 fully saturated rings. The van der Waals surface area contributed by atoms with Crippen molar-refractivity contribution in [2.75, 3.05) is 26.8 Å². The number of hydrogen-bond acceptors (Lipinski definition) is 4. The maximum Gasteiger partial charge on any atom is 0.0645 e. The second-order valence-corrected chi connectivity index (χ2v) is 5.49. The highest BCUT2D eigenvalue weighted by Gasteiger charge is 2.27. The smallest absolute Gasteiger partial charge is 0.0645 e. The van der Waals surface area contributed by atoms with Crippen LogP contribution in [-0.4, -0.2) is 47.5 Å². The van der Waals surface area contributed by atoms with Crippen molar-refractivity contribution in [3.63, 3.8) is 0 Å². The Morgan fingerprint density at radius 2 is 2.24 bits per heavy atom. The van der Waals surface area contributed by atoms with E-state index in [0.29, 0.717) is 12.6 Å². The molecule has 5 heteroatoms. The summed E-state index contributed by atoms with van der Waals surface area (Å²) in [5, 5.41) is 4.47. The molecule has 1 aliphatic heterocycles. The fraction of sp³-hybridized carbons (Fsp3) is 0.438. The van der Waals surface area contributed by atoms with E-state index in [9.17, 15) is 0 Å². The van der Waals surface area contributed by atoms with Crippen LogP contribution in [0.2, 0.25) is 0 Å². The second kappa shape index (κ2) is 6.39. The molecule has 0 amide bonds. The first-order chi connectivity index (χ1) is 10.3. The number of ether oxygens (including phenoxy) is 1. The first kappa shape index (κ1) is 14.3. The summed E-state index contributed by atoms with van der Waals surface area (Å²) < 4.78 is 7.38. The molecule has 0 radical (unpaired) electrons. The number of para-hydroxylation sites is 1. The predicted octanol–water partition coefficient (Wildman–Crippen LogP) is 1.59. The molecule has 2 N–H and O–H groups in total. The van der Waals surface area contributed by atoms with Crippen molar-refractivity contribution >= 4 is 0 Å². The monoisotopic (exact) mass is 286 g/mol. The van der Waals surface area contributed by atoms with Crippen LogP contribution < -0.4 is 5.73 Å². The van der Waals surface area contributed by atoms with Gasteiger partial charge >= 0.3 is 0 Å². The van der Waals surface area contributed by atoms with Gasteiger partial charge in [0.15, 0.2) is 0 Å². The van der Waals surface area contributed by atoms with Crippen molar-refractivity contribution in [1.29, 1.82) is 0 Å².